The largest absolute Gasteiger partial charge is 0.504 e. The Labute approximate surface area is 124 Å². The van der Waals surface area contributed by atoms with Gasteiger partial charge in [-0.2, -0.15) is 0 Å². The van der Waals surface area contributed by atoms with Crippen LogP contribution in [0.25, 0.3) is 0 Å². The number of aryl methyl sites for hydroxylation is 2. The molecule has 2 aromatic carbocycles. The third-order valence-electron chi connectivity index (χ3n) is 3.40. The summed E-state index contributed by atoms with van der Waals surface area (Å²) < 4.78 is 18.6. The Hall–Kier alpha value is -2.07. The van der Waals surface area contributed by atoms with E-state index in [4.69, 9.17) is 4.74 Å². The fourth-order valence-electron chi connectivity index (χ4n) is 2.33. The molecule has 112 valence electrons. The van der Waals surface area contributed by atoms with E-state index in [1.807, 2.05) is 18.2 Å². The molecule has 0 saturated carbocycles. The van der Waals surface area contributed by atoms with E-state index in [0.29, 0.717) is 30.0 Å². The lowest BCUT2D eigenvalue weighted by molar-refractivity contribution is 0.373. The molecule has 0 saturated heterocycles. The minimum atomic E-state index is -0.140. The third-order valence-corrected chi connectivity index (χ3v) is 3.40. The summed E-state index contributed by atoms with van der Waals surface area (Å²) in [5.41, 5.74) is 3.33. The van der Waals surface area contributed by atoms with Gasteiger partial charge in [0.2, 0.25) is 0 Å². The lowest BCUT2D eigenvalue weighted by atomic mass is 10.1. The van der Waals surface area contributed by atoms with Crippen molar-refractivity contribution in [2.24, 2.45) is 0 Å². The van der Waals surface area contributed by atoms with Crippen molar-refractivity contribution in [3.05, 3.63) is 58.4 Å². The number of aromatic hydroxyl groups is 1. The normalized spacial score (nSPS) is 10.7. The number of hydrogen-bond donors (Lipinski definition) is 2. The molecule has 4 heteroatoms. The highest BCUT2D eigenvalue weighted by Crippen LogP contribution is 2.26. The van der Waals surface area contributed by atoms with Crippen LogP contribution in [0, 0.1) is 19.7 Å². The van der Waals surface area contributed by atoms with E-state index in [9.17, 15) is 9.50 Å². The predicted molar refractivity (Wildman–Crippen MR) is 81.1 cm³/mol. The maximum atomic E-state index is 13.6. The van der Waals surface area contributed by atoms with Crippen LogP contribution in [0.1, 0.15) is 22.3 Å². The first kappa shape index (κ1) is 15.3. The fraction of sp³-hybridized carbons (Fsp3) is 0.294. The van der Waals surface area contributed by atoms with Crippen molar-refractivity contribution in [3.8, 4) is 11.5 Å². The Morgan fingerprint density at radius 2 is 1.67 bits per heavy atom. The van der Waals surface area contributed by atoms with Gasteiger partial charge in [-0.15, -0.1) is 0 Å². The van der Waals surface area contributed by atoms with E-state index in [2.05, 4.69) is 5.32 Å². The zero-order valence-electron chi connectivity index (χ0n) is 12.5. The van der Waals surface area contributed by atoms with E-state index in [1.54, 1.807) is 26.0 Å². The van der Waals surface area contributed by atoms with Crippen molar-refractivity contribution in [3.63, 3.8) is 0 Å². The van der Waals surface area contributed by atoms with Gasteiger partial charge >= 0.3 is 0 Å². The molecule has 0 aliphatic heterocycles. The SMILES string of the molecule is COc1ccc(CNCc2cc(C)c(F)c(C)c2)cc1O. The molecule has 2 rings (SSSR count). The van der Waals surface area contributed by atoms with Crippen molar-refractivity contribution in [1.29, 1.82) is 0 Å². The van der Waals surface area contributed by atoms with Gasteiger partial charge in [-0.1, -0.05) is 18.2 Å². The van der Waals surface area contributed by atoms with Gasteiger partial charge in [0.05, 0.1) is 7.11 Å². The molecule has 0 aliphatic rings. The highest BCUT2D eigenvalue weighted by molar-refractivity contribution is 5.41. The van der Waals surface area contributed by atoms with Gasteiger partial charge in [0.15, 0.2) is 11.5 Å². The van der Waals surface area contributed by atoms with Crippen LogP contribution in [-0.2, 0) is 13.1 Å². The van der Waals surface area contributed by atoms with Gasteiger partial charge in [0, 0.05) is 13.1 Å². The summed E-state index contributed by atoms with van der Waals surface area (Å²) in [7, 11) is 1.52. The quantitative estimate of drug-likeness (QED) is 0.886. The van der Waals surface area contributed by atoms with Gasteiger partial charge < -0.3 is 15.2 Å². The van der Waals surface area contributed by atoms with Crippen molar-refractivity contribution >= 4 is 0 Å². The number of nitrogens with one attached hydrogen (secondary N) is 1. The highest BCUT2D eigenvalue weighted by atomic mass is 19.1. The first-order valence-corrected chi connectivity index (χ1v) is 6.83. The average molecular weight is 289 g/mol. The van der Waals surface area contributed by atoms with Crippen molar-refractivity contribution < 1.29 is 14.2 Å². The van der Waals surface area contributed by atoms with E-state index < -0.39 is 0 Å². The average Bonchev–Trinajstić information content (AvgIpc) is 2.45. The van der Waals surface area contributed by atoms with Crippen LogP contribution in [0.4, 0.5) is 4.39 Å². The first-order chi connectivity index (χ1) is 10.0. The standard InChI is InChI=1S/C17H20FNO2/c1-11-6-14(7-12(2)17(11)18)10-19-9-13-4-5-16(21-3)15(20)8-13/h4-8,19-20H,9-10H2,1-3H3. The second kappa shape index (κ2) is 6.59. The molecular formula is C17H20FNO2. The number of benzene rings is 2. The number of rotatable bonds is 5. The van der Waals surface area contributed by atoms with Gasteiger partial charge in [-0.3, -0.25) is 0 Å². The molecule has 0 fully saturated rings. The fourth-order valence-corrected chi connectivity index (χ4v) is 2.33. The summed E-state index contributed by atoms with van der Waals surface area (Å²) in [4.78, 5) is 0. The molecule has 0 unspecified atom stereocenters. The number of halogens is 1. The van der Waals surface area contributed by atoms with E-state index in [0.717, 1.165) is 11.1 Å². The molecule has 0 radical (unpaired) electrons. The maximum absolute atomic E-state index is 13.6. The zero-order valence-corrected chi connectivity index (χ0v) is 12.5. The molecule has 0 spiro atoms. The monoisotopic (exact) mass is 289 g/mol. The van der Waals surface area contributed by atoms with Crippen LogP contribution >= 0.6 is 0 Å². The van der Waals surface area contributed by atoms with E-state index >= 15 is 0 Å². The summed E-state index contributed by atoms with van der Waals surface area (Å²) in [5.74, 6) is 0.452. The van der Waals surface area contributed by atoms with Crippen LogP contribution in [0.15, 0.2) is 30.3 Å². The Morgan fingerprint density at radius 1 is 1.05 bits per heavy atom. The Balaban J connectivity index is 1.97. The number of ether oxygens (including phenoxy) is 1. The van der Waals surface area contributed by atoms with Gasteiger partial charge in [-0.05, 0) is 48.2 Å². The minimum Gasteiger partial charge on any atom is -0.504 e. The Morgan fingerprint density at radius 3 is 2.24 bits per heavy atom. The number of hydrogen-bond acceptors (Lipinski definition) is 3. The van der Waals surface area contributed by atoms with E-state index in [1.165, 1.54) is 7.11 Å². The Bertz CT molecular complexity index is 618. The Kier molecular flexibility index (Phi) is 4.81. The number of phenols is 1. The van der Waals surface area contributed by atoms with Gasteiger partial charge in [-0.25, -0.2) is 4.39 Å². The van der Waals surface area contributed by atoms with Gasteiger partial charge in [0.1, 0.15) is 5.82 Å². The van der Waals surface area contributed by atoms with E-state index in [-0.39, 0.29) is 11.6 Å². The molecule has 0 aromatic heterocycles. The van der Waals surface area contributed by atoms with Crippen LogP contribution in [0.2, 0.25) is 0 Å². The molecule has 0 heterocycles. The number of methoxy groups -OCH3 is 1. The van der Waals surface area contributed by atoms with Crippen LogP contribution in [-0.4, -0.2) is 12.2 Å². The van der Waals surface area contributed by atoms with Crippen LogP contribution in [0.3, 0.4) is 0 Å². The maximum Gasteiger partial charge on any atom is 0.160 e. The zero-order chi connectivity index (χ0) is 15.4. The second-order valence-electron chi connectivity index (χ2n) is 5.15. The van der Waals surface area contributed by atoms with Gasteiger partial charge in [0.25, 0.3) is 0 Å². The third kappa shape index (κ3) is 3.73. The topological polar surface area (TPSA) is 41.5 Å². The highest BCUT2D eigenvalue weighted by Gasteiger charge is 2.05. The first-order valence-electron chi connectivity index (χ1n) is 6.83. The summed E-state index contributed by atoms with van der Waals surface area (Å²) in [6, 6.07) is 9.00. The van der Waals surface area contributed by atoms with Crippen molar-refractivity contribution in [2.45, 2.75) is 26.9 Å². The summed E-state index contributed by atoms with van der Waals surface area (Å²) in [6.45, 7) is 4.81. The molecule has 21 heavy (non-hydrogen) atoms. The molecule has 2 aromatic rings. The minimum absolute atomic E-state index is 0.130. The van der Waals surface area contributed by atoms with Crippen LogP contribution in [0.5, 0.6) is 11.5 Å². The molecule has 0 amide bonds. The molecule has 2 N–H and O–H groups in total. The molecule has 0 aliphatic carbocycles. The predicted octanol–water partition coefficient (Wildman–Crippen LogP) is 3.45. The van der Waals surface area contributed by atoms with Crippen LogP contribution < -0.4 is 10.1 Å². The molecule has 0 atom stereocenters. The molecule has 0 bridgehead atoms. The summed E-state index contributed by atoms with van der Waals surface area (Å²) >= 11 is 0. The lowest BCUT2D eigenvalue weighted by Crippen LogP contribution is -2.13. The van der Waals surface area contributed by atoms with Crippen molar-refractivity contribution in [2.75, 3.05) is 7.11 Å². The summed E-state index contributed by atoms with van der Waals surface area (Å²) in [6.07, 6.45) is 0. The van der Waals surface area contributed by atoms with Crippen molar-refractivity contribution in [1.82, 2.24) is 5.32 Å². The molecular weight excluding hydrogens is 269 g/mol. The second-order valence-corrected chi connectivity index (χ2v) is 5.15. The summed E-state index contributed by atoms with van der Waals surface area (Å²) in [5, 5.41) is 13.0. The lowest BCUT2D eigenvalue weighted by Gasteiger charge is -2.10. The molecule has 3 nitrogen and oxygen atoms in total. The smallest absolute Gasteiger partial charge is 0.160 e. The number of phenolic OH excluding ortho intramolecular Hbond substituents is 1.